The zero-order chi connectivity index (χ0) is 14.0. The Labute approximate surface area is 130 Å². The van der Waals surface area contributed by atoms with E-state index in [1.165, 1.54) is 12.1 Å². The SMILES string of the molecule is O=[N+]([O-])c1cc(Cl)nc(Nc2c(Br)cccc2Br)c1. The normalized spacial score (nSPS) is 10.3. The molecule has 0 aliphatic heterocycles. The highest BCUT2D eigenvalue weighted by molar-refractivity contribution is 9.11. The number of benzene rings is 1. The van der Waals surface area contributed by atoms with Gasteiger partial charge < -0.3 is 5.32 Å². The summed E-state index contributed by atoms with van der Waals surface area (Å²) in [7, 11) is 0. The van der Waals surface area contributed by atoms with Gasteiger partial charge in [-0.2, -0.15) is 0 Å². The molecule has 1 heterocycles. The quantitative estimate of drug-likeness (QED) is 0.446. The van der Waals surface area contributed by atoms with Gasteiger partial charge in [0.25, 0.3) is 5.69 Å². The van der Waals surface area contributed by atoms with Gasteiger partial charge in [0.2, 0.25) is 0 Å². The van der Waals surface area contributed by atoms with Crippen molar-refractivity contribution in [3.63, 3.8) is 0 Å². The lowest BCUT2D eigenvalue weighted by molar-refractivity contribution is -0.384. The van der Waals surface area contributed by atoms with Crippen molar-refractivity contribution in [1.29, 1.82) is 0 Å². The minimum atomic E-state index is -0.520. The maximum Gasteiger partial charge on any atom is 0.276 e. The second-order valence-corrected chi connectivity index (χ2v) is 5.61. The van der Waals surface area contributed by atoms with E-state index in [2.05, 4.69) is 42.2 Å². The lowest BCUT2D eigenvalue weighted by atomic mass is 10.3. The molecule has 19 heavy (non-hydrogen) atoms. The first kappa shape index (κ1) is 14.2. The minimum absolute atomic E-state index is 0.0554. The van der Waals surface area contributed by atoms with E-state index in [4.69, 9.17) is 11.6 Å². The van der Waals surface area contributed by atoms with E-state index in [0.29, 0.717) is 11.5 Å². The highest BCUT2D eigenvalue weighted by Gasteiger charge is 2.12. The Hall–Kier alpha value is -1.18. The summed E-state index contributed by atoms with van der Waals surface area (Å²) in [6.45, 7) is 0. The zero-order valence-electron chi connectivity index (χ0n) is 9.23. The first-order valence-corrected chi connectivity index (χ1v) is 6.97. The Morgan fingerprint density at radius 1 is 1.26 bits per heavy atom. The number of hydrogen-bond acceptors (Lipinski definition) is 4. The average molecular weight is 407 g/mol. The van der Waals surface area contributed by atoms with Gasteiger partial charge in [-0.05, 0) is 44.0 Å². The van der Waals surface area contributed by atoms with Crippen molar-refractivity contribution < 1.29 is 4.92 Å². The van der Waals surface area contributed by atoms with Crippen LogP contribution in [0.3, 0.4) is 0 Å². The lowest BCUT2D eigenvalue weighted by Gasteiger charge is -2.10. The maximum atomic E-state index is 10.8. The minimum Gasteiger partial charge on any atom is -0.338 e. The van der Waals surface area contributed by atoms with Crippen LogP contribution in [-0.2, 0) is 0 Å². The fourth-order valence-corrected chi connectivity index (χ4v) is 2.80. The zero-order valence-corrected chi connectivity index (χ0v) is 13.2. The number of para-hydroxylation sites is 1. The summed E-state index contributed by atoms with van der Waals surface area (Å²) in [5.74, 6) is 0.298. The second-order valence-electron chi connectivity index (χ2n) is 3.51. The van der Waals surface area contributed by atoms with Crippen molar-refractivity contribution in [2.24, 2.45) is 0 Å². The molecule has 0 saturated heterocycles. The van der Waals surface area contributed by atoms with Crippen molar-refractivity contribution in [3.8, 4) is 0 Å². The summed E-state index contributed by atoms with van der Waals surface area (Å²) in [6, 6.07) is 8.05. The molecule has 0 saturated carbocycles. The molecule has 0 bridgehead atoms. The van der Waals surface area contributed by atoms with E-state index in [9.17, 15) is 10.1 Å². The molecule has 0 aliphatic carbocycles. The summed E-state index contributed by atoms with van der Waals surface area (Å²) in [4.78, 5) is 14.2. The Bertz CT molecular complexity index is 632. The number of pyridine rings is 1. The third-order valence-electron chi connectivity index (χ3n) is 2.21. The molecule has 1 aromatic heterocycles. The maximum absolute atomic E-state index is 10.8. The van der Waals surface area contributed by atoms with Crippen LogP contribution >= 0.6 is 43.5 Å². The highest BCUT2D eigenvalue weighted by atomic mass is 79.9. The van der Waals surface area contributed by atoms with Gasteiger partial charge >= 0.3 is 0 Å². The van der Waals surface area contributed by atoms with Gasteiger partial charge in [0.05, 0.1) is 22.7 Å². The molecule has 1 N–H and O–H groups in total. The molecule has 98 valence electrons. The van der Waals surface area contributed by atoms with E-state index < -0.39 is 4.92 Å². The first-order valence-electron chi connectivity index (χ1n) is 5.00. The number of nitro groups is 1. The average Bonchev–Trinajstić information content (AvgIpc) is 2.33. The Kier molecular flexibility index (Phi) is 4.38. The topological polar surface area (TPSA) is 68.1 Å². The van der Waals surface area contributed by atoms with Crippen LogP contribution in [0.5, 0.6) is 0 Å². The lowest BCUT2D eigenvalue weighted by Crippen LogP contribution is -1.98. The predicted octanol–water partition coefficient (Wildman–Crippen LogP) is 4.91. The van der Waals surface area contributed by atoms with Crippen molar-refractivity contribution in [2.45, 2.75) is 0 Å². The van der Waals surface area contributed by atoms with Crippen LogP contribution in [0.4, 0.5) is 17.2 Å². The smallest absolute Gasteiger partial charge is 0.276 e. The number of anilines is 2. The first-order chi connectivity index (χ1) is 8.97. The van der Waals surface area contributed by atoms with Gasteiger partial charge in [-0.1, -0.05) is 17.7 Å². The highest BCUT2D eigenvalue weighted by Crippen LogP contribution is 2.33. The molecule has 0 atom stereocenters. The summed E-state index contributed by atoms with van der Waals surface area (Å²) >= 11 is 12.5. The van der Waals surface area contributed by atoms with Gasteiger partial charge in [0.15, 0.2) is 0 Å². The number of hydrogen-bond donors (Lipinski definition) is 1. The summed E-state index contributed by atoms with van der Waals surface area (Å²) in [5.41, 5.74) is 0.595. The van der Waals surface area contributed by atoms with Crippen LogP contribution in [0.15, 0.2) is 39.3 Å². The Morgan fingerprint density at radius 2 is 1.89 bits per heavy atom. The summed E-state index contributed by atoms with van der Waals surface area (Å²) < 4.78 is 1.60. The van der Waals surface area contributed by atoms with Gasteiger partial charge in [-0.25, -0.2) is 4.98 Å². The van der Waals surface area contributed by atoms with Gasteiger partial charge in [-0.15, -0.1) is 0 Å². The molecule has 0 unspecified atom stereocenters. The monoisotopic (exact) mass is 405 g/mol. The number of halogens is 3. The molecular weight excluding hydrogens is 401 g/mol. The number of rotatable bonds is 3. The van der Waals surface area contributed by atoms with Crippen LogP contribution in [0.25, 0.3) is 0 Å². The van der Waals surface area contributed by atoms with Gasteiger partial charge in [0, 0.05) is 8.95 Å². The largest absolute Gasteiger partial charge is 0.338 e. The van der Waals surface area contributed by atoms with E-state index in [1.807, 2.05) is 18.2 Å². The van der Waals surface area contributed by atoms with Crippen LogP contribution < -0.4 is 5.32 Å². The fourth-order valence-electron chi connectivity index (χ4n) is 1.40. The predicted molar refractivity (Wildman–Crippen MR) is 81.0 cm³/mol. The van der Waals surface area contributed by atoms with Crippen LogP contribution in [0.2, 0.25) is 5.15 Å². The molecule has 2 aromatic rings. The van der Waals surface area contributed by atoms with Crippen molar-refractivity contribution in [1.82, 2.24) is 4.98 Å². The van der Waals surface area contributed by atoms with Gasteiger partial charge in [-0.3, -0.25) is 10.1 Å². The van der Waals surface area contributed by atoms with Crippen LogP contribution in [0.1, 0.15) is 0 Å². The number of nitrogens with one attached hydrogen (secondary N) is 1. The molecule has 0 aliphatic rings. The summed E-state index contributed by atoms with van der Waals surface area (Å²) in [6.07, 6.45) is 0. The number of nitrogens with zero attached hydrogens (tertiary/aromatic N) is 2. The molecule has 1 aromatic carbocycles. The fraction of sp³-hybridized carbons (Fsp3) is 0. The van der Waals surface area contributed by atoms with E-state index in [0.717, 1.165) is 8.95 Å². The molecule has 0 radical (unpaired) electrons. The molecule has 0 spiro atoms. The second kappa shape index (κ2) is 5.85. The molecule has 8 heteroatoms. The third-order valence-corrected chi connectivity index (χ3v) is 3.72. The van der Waals surface area contributed by atoms with Crippen molar-refractivity contribution in [3.05, 3.63) is 54.5 Å². The molecule has 2 rings (SSSR count). The van der Waals surface area contributed by atoms with Crippen LogP contribution in [0, 0.1) is 10.1 Å². The van der Waals surface area contributed by atoms with E-state index >= 15 is 0 Å². The van der Waals surface area contributed by atoms with Crippen LogP contribution in [-0.4, -0.2) is 9.91 Å². The van der Waals surface area contributed by atoms with Crippen molar-refractivity contribution in [2.75, 3.05) is 5.32 Å². The third kappa shape index (κ3) is 3.43. The molecule has 0 fully saturated rings. The van der Waals surface area contributed by atoms with E-state index in [1.54, 1.807) is 0 Å². The van der Waals surface area contributed by atoms with Gasteiger partial charge in [0.1, 0.15) is 11.0 Å². The molecule has 5 nitrogen and oxygen atoms in total. The standard InChI is InChI=1S/C11H6Br2ClN3O2/c12-7-2-1-3-8(13)11(7)16-10-5-6(17(18)19)4-9(14)15-10/h1-5H,(H,15,16). The molecular formula is C11H6Br2ClN3O2. The van der Waals surface area contributed by atoms with Crippen molar-refractivity contribution >= 4 is 60.7 Å². The van der Waals surface area contributed by atoms with E-state index in [-0.39, 0.29) is 10.8 Å². The molecule has 0 amide bonds. The Morgan fingerprint density at radius 3 is 2.47 bits per heavy atom. The Balaban J connectivity index is 2.41. The number of aromatic nitrogens is 1. The summed E-state index contributed by atoms with van der Waals surface area (Å²) in [5, 5.41) is 13.8.